The minimum atomic E-state index is -1.00. The number of hydrogen-bond donors (Lipinski definition) is 0. The lowest BCUT2D eigenvalue weighted by atomic mass is 9.98. The SMILES string of the molecule is CN(CC/C=C/C[Si](C)(C)C)C(=O)C1=CC(=O)CCC1. The van der Waals surface area contributed by atoms with Gasteiger partial charge in [0.2, 0.25) is 5.91 Å². The standard InChI is InChI=1S/C16H27NO2Si/c1-17(11-6-5-7-12-20(2,3)4)16(19)14-9-8-10-15(18)13-14/h5,7,13H,6,8-12H2,1-4H3/b7-5+. The van der Waals surface area contributed by atoms with Crippen LogP contribution < -0.4 is 0 Å². The molecule has 1 rings (SSSR count). The summed E-state index contributed by atoms with van der Waals surface area (Å²) in [6.45, 7) is 7.76. The van der Waals surface area contributed by atoms with E-state index in [1.807, 2.05) is 7.05 Å². The molecule has 20 heavy (non-hydrogen) atoms. The van der Waals surface area contributed by atoms with Gasteiger partial charge in [0.25, 0.3) is 0 Å². The number of nitrogens with zero attached hydrogens (tertiary/aromatic N) is 1. The molecule has 0 aromatic carbocycles. The van der Waals surface area contributed by atoms with Crippen molar-refractivity contribution >= 4 is 19.8 Å². The molecule has 0 radical (unpaired) electrons. The first-order chi connectivity index (χ1) is 9.29. The predicted octanol–water partition coefficient (Wildman–Crippen LogP) is 3.41. The van der Waals surface area contributed by atoms with Crippen LogP contribution in [-0.4, -0.2) is 38.3 Å². The van der Waals surface area contributed by atoms with Crippen LogP contribution in [0.15, 0.2) is 23.8 Å². The van der Waals surface area contributed by atoms with E-state index in [9.17, 15) is 9.59 Å². The van der Waals surface area contributed by atoms with E-state index >= 15 is 0 Å². The molecule has 0 N–H and O–H groups in total. The molecule has 0 aromatic heterocycles. The second-order valence-corrected chi connectivity index (χ2v) is 12.3. The molecule has 1 amide bonds. The molecule has 0 bridgehead atoms. The molecule has 0 atom stereocenters. The lowest BCUT2D eigenvalue weighted by molar-refractivity contribution is -0.126. The van der Waals surface area contributed by atoms with E-state index in [1.54, 1.807) is 4.90 Å². The highest BCUT2D eigenvalue weighted by Crippen LogP contribution is 2.17. The summed E-state index contributed by atoms with van der Waals surface area (Å²) in [4.78, 5) is 25.2. The summed E-state index contributed by atoms with van der Waals surface area (Å²) in [6.07, 6.45) is 8.95. The Labute approximate surface area is 123 Å². The lowest BCUT2D eigenvalue weighted by Gasteiger charge is -2.20. The van der Waals surface area contributed by atoms with E-state index in [2.05, 4.69) is 31.8 Å². The van der Waals surface area contributed by atoms with E-state index in [1.165, 1.54) is 12.1 Å². The van der Waals surface area contributed by atoms with Crippen LogP contribution in [0.2, 0.25) is 25.7 Å². The van der Waals surface area contributed by atoms with Crippen molar-refractivity contribution in [2.75, 3.05) is 13.6 Å². The van der Waals surface area contributed by atoms with Crippen LogP contribution in [0.25, 0.3) is 0 Å². The van der Waals surface area contributed by atoms with Crippen molar-refractivity contribution in [3.63, 3.8) is 0 Å². The Balaban J connectivity index is 2.37. The summed E-state index contributed by atoms with van der Waals surface area (Å²) in [5, 5.41) is 0. The molecular weight excluding hydrogens is 266 g/mol. The van der Waals surface area contributed by atoms with Crippen LogP contribution in [0.5, 0.6) is 0 Å². The van der Waals surface area contributed by atoms with Gasteiger partial charge in [-0.15, -0.1) is 0 Å². The summed E-state index contributed by atoms with van der Waals surface area (Å²) < 4.78 is 0. The molecule has 0 aromatic rings. The highest BCUT2D eigenvalue weighted by atomic mass is 28.3. The molecule has 0 unspecified atom stereocenters. The van der Waals surface area contributed by atoms with Crippen molar-refractivity contribution < 1.29 is 9.59 Å². The van der Waals surface area contributed by atoms with Crippen LogP contribution in [0.3, 0.4) is 0 Å². The third-order valence-corrected chi connectivity index (χ3v) is 4.81. The average Bonchev–Trinajstić information content (AvgIpc) is 2.36. The summed E-state index contributed by atoms with van der Waals surface area (Å²) in [7, 11) is 0.809. The Morgan fingerprint density at radius 3 is 2.60 bits per heavy atom. The van der Waals surface area contributed by atoms with Crippen LogP contribution in [0, 0.1) is 0 Å². The average molecular weight is 293 g/mol. The van der Waals surface area contributed by atoms with Gasteiger partial charge in [-0.2, -0.15) is 0 Å². The van der Waals surface area contributed by atoms with Crippen LogP contribution in [-0.2, 0) is 9.59 Å². The molecule has 4 heteroatoms. The van der Waals surface area contributed by atoms with E-state index in [4.69, 9.17) is 0 Å². The molecule has 1 aliphatic carbocycles. The molecule has 0 heterocycles. The van der Waals surface area contributed by atoms with Gasteiger partial charge in [0.15, 0.2) is 5.78 Å². The number of amides is 1. The van der Waals surface area contributed by atoms with Crippen LogP contribution >= 0.6 is 0 Å². The Morgan fingerprint density at radius 1 is 1.30 bits per heavy atom. The Bertz CT molecular complexity index is 419. The largest absolute Gasteiger partial charge is 0.342 e. The fourth-order valence-corrected chi connectivity index (χ4v) is 3.00. The van der Waals surface area contributed by atoms with Crippen molar-refractivity contribution in [2.24, 2.45) is 0 Å². The molecule has 0 spiro atoms. The number of allylic oxidation sites excluding steroid dienone is 2. The molecule has 0 saturated carbocycles. The maximum Gasteiger partial charge on any atom is 0.249 e. The number of ketones is 1. The van der Waals surface area contributed by atoms with Gasteiger partial charge < -0.3 is 4.90 Å². The Hall–Kier alpha value is -1.16. The summed E-state index contributed by atoms with van der Waals surface area (Å²) in [5.41, 5.74) is 0.676. The summed E-state index contributed by atoms with van der Waals surface area (Å²) >= 11 is 0. The molecular formula is C16H27NO2Si. The zero-order chi connectivity index (χ0) is 15.2. The molecule has 0 aliphatic heterocycles. The Kier molecular flexibility index (Phi) is 6.40. The van der Waals surface area contributed by atoms with Gasteiger partial charge in [0, 0.05) is 33.7 Å². The fraction of sp³-hybridized carbons (Fsp3) is 0.625. The third kappa shape index (κ3) is 6.33. The second-order valence-electron chi connectivity index (χ2n) is 6.74. The van der Waals surface area contributed by atoms with Gasteiger partial charge in [-0.25, -0.2) is 0 Å². The van der Waals surface area contributed by atoms with Crippen molar-refractivity contribution in [1.29, 1.82) is 0 Å². The number of likely N-dealkylation sites (N-methyl/N-ethyl adjacent to an activating group) is 1. The van der Waals surface area contributed by atoms with Crippen LogP contribution in [0.1, 0.15) is 25.7 Å². The molecule has 0 saturated heterocycles. The highest BCUT2D eigenvalue weighted by Gasteiger charge is 2.18. The molecule has 0 fully saturated rings. The van der Waals surface area contributed by atoms with E-state index in [-0.39, 0.29) is 11.7 Å². The fourth-order valence-electron chi connectivity index (χ4n) is 2.13. The first kappa shape index (κ1) is 16.9. The van der Waals surface area contributed by atoms with Crippen molar-refractivity contribution in [3.05, 3.63) is 23.8 Å². The topological polar surface area (TPSA) is 37.4 Å². The zero-order valence-electron chi connectivity index (χ0n) is 13.2. The van der Waals surface area contributed by atoms with Gasteiger partial charge in [-0.05, 0) is 31.4 Å². The second kappa shape index (κ2) is 7.57. The molecule has 112 valence electrons. The maximum absolute atomic E-state index is 12.2. The maximum atomic E-state index is 12.2. The summed E-state index contributed by atoms with van der Waals surface area (Å²) in [5.74, 6) is 0.0969. The normalized spacial score (nSPS) is 16.4. The van der Waals surface area contributed by atoms with Crippen LogP contribution in [0.4, 0.5) is 0 Å². The monoisotopic (exact) mass is 293 g/mol. The van der Waals surface area contributed by atoms with Crippen molar-refractivity contribution in [3.8, 4) is 0 Å². The van der Waals surface area contributed by atoms with Gasteiger partial charge in [-0.3, -0.25) is 9.59 Å². The predicted molar refractivity (Wildman–Crippen MR) is 86.5 cm³/mol. The van der Waals surface area contributed by atoms with Crippen molar-refractivity contribution in [1.82, 2.24) is 4.90 Å². The van der Waals surface area contributed by atoms with E-state index in [0.29, 0.717) is 18.5 Å². The van der Waals surface area contributed by atoms with Gasteiger partial charge in [0.1, 0.15) is 0 Å². The lowest BCUT2D eigenvalue weighted by Crippen LogP contribution is -2.30. The van der Waals surface area contributed by atoms with Gasteiger partial charge in [0.05, 0.1) is 0 Å². The first-order valence-corrected chi connectivity index (χ1v) is 11.1. The number of hydrogen-bond acceptors (Lipinski definition) is 2. The number of rotatable bonds is 6. The van der Waals surface area contributed by atoms with Gasteiger partial charge >= 0.3 is 0 Å². The number of carbonyl (C=O) groups excluding carboxylic acids is 2. The molecule has 3 nitrogen and oxygen atoms in total. The summed E-state index contributed by atoms with van der Waals surface area (Å²) in [6, 6.07) is 1.18. The molecule has 1 aliphatic rings. The minimum Gasteiger partial charge on any atom is -0.342 e. The highest BCUT2D eigenvalue weighted by molar-refractivity contribution is 6.76. The quantitative estimate of drug-likeness (QED) is 0.556. The van der Waals surface area contributed by atoms with Gasteiger partial charge in [-0.1, -0.05) is 31.8 Å². The zero-order valence-corrected chi connectivity index (χ0v) is 14.2. The van der Waals surface area contributed by atoms with E-state index < -0.39 is 8.07 Å². The smallest absolute Gasteiger partial charge is 0.249 e. The number of carbonyl (C=O) groups is 2. The minimum absolute atomic E-state index is 0.0108. The Morgan fingerprint density at radius 2 is 2.00 bits per heavy atom. The first-order valence-electron chi connectivity index (χ1n) is 7.43. The van der Waals surface area contributed by atoms with Crippen molar-refractivity contribution in [2.45, 2.75) is 51.4 Å². The third-order valence-electron chi connectivity index (χ3n) is 3.35. The van der Waals surface area contributed by atoms with E-state index in [0.717, 1.165) is 19.3 Å².